The molecule has 0 saturated heterocycles. The molecular formula is C12H16N4. The standard InChI is InChI=1S/C12H16N4/c1-10(11-4-3-6-13-8-11)14-9-12-5-7-15-16(12)2/h3-8,10,14H,9H2,1-2H3. The third-order valence-corrected chi connectivity index (χ3v) is 2.70. The monoisotopic (exact) mass is 216 g/mol. The molecular weight excluding hydrogens is 200 g/mol. The molecule has 0 aliphatic carbocycles. The van der Waals surface area contributed by atoms with Crippen molar-refractivity contribution in [3.8, 4) is 0 Å². The van der Waals surface area contributed by atoms with E-state index in [-0.39, 0.29) is 0 Å². The molecule has 0 aliphatic heterocycles. The first-order valence-electron chi connectivity index (χ1n) is 5.37. The molecule has 1 unspecified atom stereocenters. The Balaban J connectivity index is 1.94. The third kappa shape index (κ3) is 2.46. The van der Waals surface area contributed by atoms with Gasteiger partial charge in [0.05, 0.1) is 5.69 Å². The van der Waals surface area contributed by atoms with Crippen molar-refractivity contribution in [2.45, 2.75) is 19.5 Å². The normalized spacial score (nSPS) is 12.6. The largest absolute Gasteiger partial charge is 0.305 e. The van der Waals surface area contributed by atoms with E-state index >= 15 is 0 Å². The Kier molecular flexibility index (Phi) is 3.31. The van der Waals surface area contributed by atoms with E-state index in [1.807, 2.05) is 36.3 Å². The number of nitrogens with one attached hydrogen (secondary N) is 1. The van der Waals surface area contributed by atoms with E-state index in [0.717, 1.165) is 6.54 Å². The Hall–Kier alpha value is -1.68. The van der Waals surface area contributed by atoms with Crippen molar-refractivity contribution in [3.05, 3.63) is 48.0 Å². The van der Waals surface area contributed by atoms with Gasteiger partial charge in [0.25, 0.3) is 0 Å². The van der Waals surface area contributed by atoms with E-state index < -0.39 is 0 Å². The molecule has 2 heterocycles. The summed E-state index contributed by atoms with van der Waals surface area (Å²) in [4.78, 5) is 4.11. The maximum Gasteiger partial charge on any atom is 0.0518 e. The molecule has 0 radical (unpaired) electrons. The second-order valence-corrected chi connectivity index (χ2v) is 3.84. The smallest absolute Gasteiger partial charge is 0.0518 e. The molecule has 1 atom stereocenters. The number of aryl methyl sites for hydroxylation is 1. The van der Waals surface area contributed by atoms with Crippen molar-refractivity contribution < 1.29 is 0 Å². The van der Waals surface area contributed by atoms with Crippen molar-refractivity contribution >= 4 is 0 Å². The molecule has 0 spiro atoms. The van der Waals surface area contributed by atoms with Gasteiger partial charge < -0.3 is 5.32 Å². The zero-order valence-electron chi connectivity index (χ0n) is 9.59. The highest BCUT2D eigenvalue weighted by atomic mass is 15.3. The molecule has 2 rings (SSSR count). The van der Waals surface area contributed by atoms with Gasteiger partial charge in [-0.15, -0.1) is 0 Å². The van der Waals surface area contributed by atoms with Crippen molar-refractivity contribution in [1.82, 2.24) is 20.1 Å². The lowest BCUT2D eigenvalue weighted by molar-refractivity contribution is 0.547. The highest BCUT2D eigenvalue weighted by molar-refractivity contribution is 5.13. The van der Waals surface area contributed by atoms with E-state index in [4.69, 9.17) is 0 Å². The molecule has 0 aromatic carbocycles. The Morgan fingerprint density at radius 2 is 2.25 bits per heavy atom. The van der Waals surface area contributed by atoms with Gasteiger partial charge in [-0.2, -0.15) is 5.10 Å². The summed E-state index contributed by atoms with van der Waals surface area (Å²) in [5.74, 6) is 0. The summed E-state index contributed by atoms with van der Waals surface area (Å²) in [7, 11) is 1.95. The first-order valence-corrected chi connectivity index (χ1v) is 5.37. The first-order chi connectivity index (χ1) is 7.77. The summed E-state index contributed by atoms with van der Waals surface area (Å²) in [5.41, 5.74) is 2.38. The van der Waals surface area contributed by atoms with Crippen LogP contribution in [0.2, 0.25) is 0 Å². The average molecular weight is 216 g/mol. The second-order valence-electron chi connectivity index (χ2n) is 3.84. The van der Waals surface area contributed by atoms with Crippen LogP contribution < -0.4 is 5.32 Å². The molecule has 4 nitrogen and oxygen atoms in total. The fourth-order valence-electron chi connectivity index (χ4n) is 1.58. The molecule has 0 bridgehead atoms. The lowest BCUT2D eigenvalue weighted by Gasteiger charge is -2.13. The lowest BCUT2D eigenvalue weighted by Crippen LogP contribution is -2.19. The van der Waals surface area contributed by atoms with Crippen LogP contribution in [-0.2, 0) is 13.6 Å². The van der Waals surface area contributed by atoms with Crippen molar-refractivity contribution in [1.29, 1.82) is 0 Å². The van der Waals surface area contributed by atoms with Gasteiger partial charge >= 0.3 is 0 Å². The predicted molar refractivity (Wildman–Crippen MR) is 62.7 cm³/mol. The summed E-state index contributed by atoms with van der Waals surface area (Å²) in [6.07, 6.45) is 5.49. The minimum absolute atomic E-state index is 0.295. The van der Waals surface area contributed by atoms with Crippen LogP contribution in [0.3, 0.4) is 0 Å². The summed E-state index contributed by atoms with van der Waals surface area (Å²) < 4.78 is 1.88. The highest BCUT2D eigenvalue weighted by Gasteiger charge is 2.05. The molecule has 2 aromatic heterocycles. The molecule has 0 saturated carbocycles. The molecule has 0 aliphatic rings. The SMILES string of the molecule is CC(NCc1ccnn1C)c1cccnc1. The van der Waals surface area contributed by atoms with Gasteiger partial charge in [0.15, 0.2) is 0 Å². The van der Waals surface area contributed by atoms with Gasteiger partial charge in [-0.25, -0.2) is 0 Å². The Morgan fingerprint density at radius 1 is 1.38 bits per heavy atom. The number of hydrogen-bond donors (Lipinski definition) is 1. The van der Waals surface area contributed by atoms with Crippen LogP contribution in [0.5, 0.6) is 0 Å². The average Bonchev–Trinajstić information content (AvgIpc) is 2.73. The van der Waals surface area contributed by atoms with Crippen molar-refractivity contribution in [2.75, 3.05) is 0 Å². The summed E-state index contributed by atoms with van der Waals surface area (Å²) in [6, 6.07) is 6.35. The lowest BCUT2D eigenvalue weighted by atomic mass is 10.1. The van der Waals surface area contributed by atoms with Gasteiger partial charge in [0, 0.05) is 38.2 Å². The Morgan fingerprint density at radius 3 is 2.88 bits per heavy atom. The van der Waals surface area contributed by atoms with Crippen LogP contribution in [0.1, 0.15) is 24.2 Å². The Bertz CT molecular complexity index is 435. The minimum Gasteiger partial charge on any atom is -0.305 e. The van der Waals surface area contributed by atoms with E-state index in [1.54, 1.807) is 6.20 Å². The van der Waals surface area contributed by atoms with Gasteiger partial charge in [0.2, 0.25) is 0 Å². The third-order valence-electron chi connectivity index (χ3n) is 2.70. The summed E-state index contributed by atoms with van der Waals surface area (Å²) in [6.45, 7) is 2.94. The van der Waals surface area contributed by atoms with Gasteiger partial charge in [-0.3, -0.25) is 9.67 Å². The molecule has 16 heavy (non-hydrogen) atoms. The van der Waals surface area contributed by atoms with E-state index in [0.29, 0.717) is 6.04 Å². The molecule has 2 aromatic rings. The number of aromatic nitrogens is 3. The van der Waals surface area contributed by atoms with E-state index in [9.17, 15) is 0 Å². The first kappa shape index (κ1) is 10.8. The van der Waals surface area contributed by atoms with Crippen LogP contribution in [0.25, 0.3) is 0 Å². The maximum absolute atomic E-state index is 4.13. The van der Waals surface area contributed by atoms with Crippen molar-refractivity contribution in [2.24, 2.45) is 7.05 Å². The summed E-state index contributed by atoms with van der Waals surface area (Å²) >= 11 is 0. The number of pyridine rings is 1. The van der Waals surface area contributed by atoms with Gasteiger partial charge in [0.1, 0.15) is 0 Å². The van der Waals surface area contributed by atoms with Crippen LogP contribution in [0.4, 0.5) is 0 Å². The fraction of sp³-hybridized carbons (Fsp3) is 0.333. The van der Waals surface area contributed by atoms with Crippen LogP contribution in [0, 0.1) is 0 Å². The molecule has 0 fully saturated rings. The van der Waals surface area contributed by atoms with Crippen LogP contribution >= 0.6 is 0 Å². The van der Waals surface area contributed by atoms with Crippen LogP contribution in [0.15, 0.2) is 36.8 Å². The zero-order valence-corrected chi connectivity index (χ0v) is 9.59. The summed E-state index contributed by atoms with van der Waals surface area (Å²) in [5, 5.41) is 7.57. The Labute approximate surface area is 95.3 Å². The second kappa shape index (κ2) is 4.90. The highest BCUT2D eigenvalue weighted by Crippen LogP contribution is 2.10. The molecule has 0 amide bonds. The minimum atomic E-state index is 0.295. The molecule has 1 N–H and O–H groups in total. The number of rotatable bonds is 4. The fourth-order valence-corrected chi connectivity index (χ4v) is 1.58. The van der Waals surface area contributed by atoms with E-state index in [1.165, 1.54) is 11.3 Å². The van der Waals surface area contributed by atoms with Gasteiger partial charge in [-0.05, 0) is 24.6 Å². The molecule has 4 heteroatoms. The predicted octanol–water partition coefficient (Wildman–Crippen LogP) is 1.67. The van der Waals surface area contributed by atoms with Gasteiger partial charge in [-0.1, -0.05) is 6.07 Å². The van der Waals surface area contributed by atoms with Crippen LogP contribution in [-0.4, -0.2) is 14.8 Å². The van der Waals surface area contributed by atoms with E-state index in [2.05, 4.69) is 28.4 Å². The quantitative estimate of drug-likeness (QED) is 0.845. The number of nitrogens with zero attached hydrogens (tertiary/aromatic N) is 3. The zero-order chi connectivity index (χ0) is 11.4. The topological polar surface area (TPSA) is 42.7 Å². The van der Waals surface area contributed by atoms with Crippen molar-refractivity contribution in [3.63, 3.8) is 0 Å². The number of hydrogen-bond acceptors (Lipinski definition) is 3. The maximum atomic E-state index is 4.13. The molecule has 84 valence electrons.